The van der Waals surface area contributed by atoms with E-state index in [9.17, 15) is 8.78 Å². The van der Waals surface area contributed by atoms with Crippen LogP contribution >= 0.6 is 12.4 Å². The average molecular weight is 200 g/mol. The van der Waals surface area contributed by atoms with Crippen LogP contribution in [0.15, 0.2) is 0 Å². The Morgan fingerprint density at radius 2 is 1.75 bits per heavy atom. The van der Waals surface area contributed by atoms with Gasteiger partial charge in [0.2, 0.25) is 5.92 Å². The minimum atomic E-state index is -2.41. The molecule has 0 unspecified atom stereocenters. The Morgan fingerprint density at radius 3 is 2.08 bits per heavy atom. The summed E-state index contributed by atoms with van der Waals surface area (Å²) in [6.07, 6.45) is 1.23. The minimum absolute atomic E-state index is 0. The third-order valence-electron chi connectivity index (χ3n) is 2.51. The lowest BCUT2D eigenvalue weighted by molar-refractivity contribution is -0.0475. The molecule has 1 nitrogen and oxygen atoms in total. The van der Waals surface area contributed by atoms with Gasteiger partial charge in [0.25, 0.3) is 0 Å². The van der Waals surface area contributed by atoms with Crippen molar-refractivity contribution in [2.45, 2.75) is 44.6 Å². The average Bonchev–Trinajstić information content (AvgIpc) is 1.86. The molecule has 0 radical (unpaired) electrons. The summed E-state index contributed by atoms with van der Waals surface area (Å²) in [6, 6.07) is 0.0751. The third-order valence-corrected chi connectivity index (χ3v) is 2.51. The first-order valence-corrected chi connectivity index (χ1v) is 4.15. The number of alkyl halides is 2. The van der Waals surface area contributed by atoms with Crippen molar-refractivity contribution >= 4 is 12.4 Å². The van der Waals surface area contributed by atoms with Gasteiger partial charge in [-0.25, -0.2) is 8.78 Å². The van der Waals surface area contributed by atoms with Crippen LogP contribution in [-0.4, -0.2) is 12.0 Å². The van der Waals surface area contributed by atoms with Crippen LogP contribution < -0.4 is 5.73 Å². The Bertz CT molecular complexity index is 129. The van der Waals surface area contributed by atoms with Gasteiger partial charge in [0.1, 0.15) is 0 Å². The molecule has 0 bridgehead atoms. The molecule has 1 rings (SSSR count). The number of rotatable bonds is 1. The van der Waals surface area contributed by atoms with Gasteiger partial charge in [-0.3, -0.25) is 0 Å². The van der Waals surface area contributed by atoms with Crippen LogP contribution in [-0.2, 0) is 0 Å². The van der Waals surface area contributed by atoms with Gasteiger partial charge in [-0.05, 0) is 25.7 Å². The number of hydrogen-bond acceptors (Lipinski definition) is 1. The third kappa shape index (κ3) is 3.23. The molecule has 0 aromatic heterocycles. The van der Waals surface area contributed by atoms with Crippen LogP contribution in [0.5, 0.6) is 0 Å². The van der Waals surface area contributed by atoms with Gasteiger partial charge in [0.05, 0.1) is 0 Å². The van der Waals surface area contributed by atoms with Gasteiger partial charge in [-0.15, -0.1) is 12.4 Å². The fourth-order valence-corrected chi connectivity index (χ4v) is 1.59. The largest absolute Gasteiger partial charge is 0.328 e. The van der Waals surface area contributed by atoms with Gasteiger partial charge in [-0.1, -0.05) is 0 Å². The Balaban J connectivity index is 0.00000121. The quantitative estimate of drug-likeness (QED) is 0.690. The zero-order valence-electron chi connectivity index (χ0n) is 7.22. The van der Waals surface area contributed by atoms with Crippen molar-refractivity contribution in [1.82, 2.24) is 0 Å². The van der Waals surface area contributed by atoms with Crippen molar-refractivity contribution in [2.75, 3.05) is 0 Å². The first kappa shape index (κ1) is 12.1. The van der Waals surface area contributed by atoms with Crippen LogP contribution in [0.25, 0.3) is 0 Å². The molecule has 1 atom stereocenters. The van der Waals surface area contributed by atoms with Crippen LogP contribution in [0.2, 0.25) is 0 Å². The van der Waals surface area contributed by atoms with Gasteiger partial charge in [0, 0.05) is 18.9 Å². The second-order valence-electron chi connectivity index (χ2n) is 3.55. The Hall–Kier alpha value is 0.110. The zero-order valence-corrected chi connectivity index (χ0v) is 8.04. The Kier molecular flexibility index (Phi) is 4.42. The fourth-order valence-electron chi connectivity index (χ4n) is 1.59. The smallest absolute Gasteiger partial charge is 0.248 e. The highest BCUT2D eigenvalue weighted by Gasteiger charge is 2.35. The van der Waals surface area contributed by atoms with Crippen LogP contribution in [0.3, 0.4) is 0 Å². The molecule has 1 aliphatic rings. The first-order chi connectivity index (χ1) is 5.01. The summed E-state index contributed by atoms with van der Waals surface area (Å²) in [6.45, 7) is 1.90. The summed E-state index contributed by atoms with van der Waals surface area (Å²) >= 11 is 0. The second kappa shape index (κ2) is 4.38. The van der Waals surface area contributed by atoms with Gasteiger partial charge in [0.15, 0.2) is 0 Å². The maximum atomic E-state index is 12.6. The highest BCUT2D eigenvalue weighted by Crippen LogP contribution is 2.36. The minimum Gasteiger partial charge on any atom is -0.328 e. The molecular formula is C8H16ClF2N. The van der Waals surface area contributed by atoms with Crippen LogP contribution in [0.4, 0.5) is 8.78 Å². The highest BCUT2D eigenvalue weighted by atomic mass is 35.5. The van der Waals surface area contributed by atoms with Crippen molar-refractivity contribution in [3.05, 3.63) is 0 Å². The van der Waals surface area contributed by atoms with Crippen molar-refractivity contribution < 1.29 is 8.78 Å². The highest BCUT2D eigenvalue weighted by molar-refractivity contribution is 5.85. The summed E-state index contributed by atoms with van der Waals surface area (Å²) < 4.78 is 25.2. The van der Waals surface area contributed by atoms with Gasteiger partial charge < -0.3 is 5.73 Å². The molecule has 12 heavy (non-hydrogen) atoms. The van der Waals surface area contributed by atoms with E-state index in [1.165, 1.54) is 0 Å². The van der Waals surface area contributed by atoms with Crippen molar-refractivity contribution in [3.8, 4) is 0 Å². The summed E-state index contributed by atoms with van der Waals surface area (Å²) in [5.41, 5.74) is 5.61. The van der Waals surface area contributed by atoms with E-state index in [0.717, 1.165) is 0 Å². The molecule has 0 amide bonds. The molecule has 74 valence electrons. The number of nitrogens with two attached hydrogens (primary N) is 1. The second-order valence-corrected chi connectivity index (χ2v) is 3.55. The van der Waals surface area contributed by atoms with E-state index in [4.69, 9.17) is 5.73 Å². The lowest BCUT2D eigenvalue weighted by Gasteiger charge is -2.30. The topological polar surface area (TPSA) is 26.0 Å². The van der Waals surface area contributed by atoms with E-state index in [0.29, 0.717) is 18.8 Å². The monoisotopic (exact) mass is 199 g/mol. The molecule has 0 spiro atoms. The predicted molar refractivity (Wildman–Crippen MR) is 47.8 cm³/mol. The molecule has 1 saturated carbocycles. The van der Waals surface area contributed by atoms with E-state index in [2.05, 4.69) is 0 Å². The Morgan fingerprint density at radius 1 is 1.33 bits per heavy atom. The summed E-state index contributed by atoms with van der Waals surface area (Å²) in [5.74, 6) is -2.10. The van der Waals surface area contributed by atoms with Gasteiger partial charge in [-0.2, -0.15) is 0 Å². The number of hydrogen-bond donors (Lipinski definition) is 1. The van der Waals surface area contributed by atoms with Crippen LogP contribution in [0.1, 0.15) is 32.6 Å². The summed E-state index contributed by atoms with van der Waals surface area (Å²) in [5, 5.41) is 0. The summed E-state index contributed by atoms with van der Waals surface area (Å²) in [7, 11) is 0. The van der Waals surface area contributed by atoms with E-state index in [1.807, 2.05) is 6.92 Å². The SMILES string of the molecule is C[C@@H](N)C1CCC(F)(F)CC1.Cl. The van der Waals surface area contributed by atoms with E-state index >= 15 is 0 Å². The Labute approximate surface area is 78.1 Å². The first-order valence-electron chi connectivity index (χ1n) is 4.15. The maximum Gasteiger partial charge on any atom is 0.248 e. The molecular weight excluding hydrogens is 184 g/mol. The molecule has 0 saturated heterocycles. The predicted octanol–water partition coefficient (Wildman–Crippen LogP) is 2.58. The van der Waals surface area contributed by atoms with Crippen molar-refractivity contribution in [3.63, 3.8) is 0 Å². The van der Waals surface area contributed by atoms with Gasteiger partial charge >= 0.3 is 0 Å². The standard InChI is InChI=1S/C8H15F2N.ClH/c1-6(11)7-2-4-8(9,10)5-3-7;/h6-7H,2-5,11H2,1H3;1H/t6-;/m1./s1. The van der Waals surface area contributed by atoms with Crippen molar-refractivity contribution in [1.29, 1.82) is 0 Å². The molecule has 4 heteroatoms. The fraction of sp³-hybridized carbons (Fsp3) is 1.00. The number of halogens is 3. The van der Waals surface area contributed by atoms with Crippen LogP contribution in [0, 0.1) is 5.92 Å². The zero-order chi connectivity index (χ0) is 8.48. The molecule has 0 aromatic rings. The van der Waals surface area contributed by atoms with E-state index in [-0.39, 0.29) is 31.3 Å². The molecule has 0 heterocycles. The lowest BCUT2D eigenvalue weighted by atomic mass is 9.83. The summed E-state index contributed by atoms with van der Waals surface area (Å²) in [4.78, 5) is 0. The van der Waals surface area contributed by atoms with Crippen molar-refractivity contribution in [2.24, 2.45) is 11.7 Å². The maximum absolute atomic E-state index is 12.6. The van der Waals surface area contributed by atoms with E-state index < -0.39 is 5.92 Å². The lowest BCUT2D eigenvalue weighted by Crippen LogP contribution is -2.33. The molecule has 2 N–H and O–H groups in total. The normalized spacial score (nSPS) is 26.0. The molecule has 0 aliphatic heterocycles. The molecule has 1 aliphatic carbocycles. The molecule has 1 fully saturated rings. The van der Waals surface area contributed by atoms with E-state index in [1.54, 1.807) is 0 Å². The molecule has 0 aromatic carbocycles.